The summed E-state index contributed by atoms with van der Waals surface area (Å²) in [6.45, 7) is 34.7. The summed E-state index contributed by atoms with van der Waals surface area (Å²) in [5.74, 6) is 4.02. The van der Waals surface area contributed by atoms with Gasteiger partial charge in [-0.3, -0.25) is 0 Å². The summed E-state index contributed by atoms with van der Waals surface area (Å²) in [6.07, 6.45) is 1.70. The third kappa shape index (κ3) is 2.20. The number of hydrogen-bond donors (Lipinski definition) is 0. The Morgan fingerprint density at radius 3 is 1.90 bits per heavy atom. The summed E-state index contributed by atoms with van der Waals surface area (Å²) in [5.41, 5.74) is 4.77. The minimum atomic E-state index is 0.193. The zero-order valence-corrected chi connectivity index (χ0v) is 22.4. The minimum absolute atomic E-state index is 0.193. The van der Waals surface area contributed by atoms with Gasteiger partial charge in [0.05, 0.1) is 12.7 Å². The van der Waals surface area contributed by atoms with Crippen LogP contribution in [0.1, 0.15) is 96.4 Å². The van der Waals surface area contributed by atoms with Crippen molar-refractivity contribution in [3.63, 3.8) is 0 Å². The van der Waals surface area contributed by atoms with Gasteiger partial charge in [-0.2, -0.15) is 0 Å². The van der Waals surface area contributed by atoms with E-state index in [0.29, 0.717) is 52.4 Å². The van der Waals surface area contributed by atoms with Crippen LogP contribution in [-0.4, -0.2) is 12.7 Å². The average Bonchev–Trinajstić information content (AvgIpc) is 2.64. The fraction of sp³-hybridized carbons (Fsp3) is 0.931. The van der Waals surface area contributed by atoms with E-state index in [9.17, 15) is 0 Å². The maximum atomic E-state index is 6.25. The molecule has 1 heterocycles. The Kier molecular flexibility index (Phi) is 4.71. The van der Waals surface area contributed by atoms with Gasteiger partial charge in [0.2, 0.25) is 0 Å². The molecular weight excluding hydrogens is 364 g/mol. The van der Waals surface area contributed by atoms with Crippen LogP contribution in [0.25, 0.3) is 0 Å². The predicted octanol–water partition coefficient (Wildman–Crippen LogP) is 8.00. The van der Waals surface area contributed by atoms with Gasteiger partial charge in [-0.05, 0) is 70.5 Å². The molecule has 172 valence electrons. The molecule has 0 aromatic carbocycles. The monoisotopic (exact) mass is 414 g/mol. The van der Waals surface area contributed by atoms with E-state index in [1.165, 1.54) is 6.42 Å². The van der Waals surface area contributed by atoms with Crippen molar-refractivity contribution < 1.29 is 4.74 Å². The molecule has 4 aliphatic rings. The molecule has 1 aliphatic heterocycles. The van der Waals surface area contributed by atoms with Gasteiger partial charge >= 0.3 is 0 Å². The Morgan fingerprint density at radius 1 is 0.833 bits per heavy atom. The highest BCUT2D eigenvalue weighted by molar-refractivity contribution is 5.38. The van der Waals surface area contributed by atoms with Crippen molar-refractivity contribution in [2.45, 2.75) is 103 Å². The smallest absolute Gasteiger partial charge is 0.0656 e. The lowest BCUT2D eigenvalue weighted by molar-refractivity contribution is -0.307. The van der Waals surface area contributed by atoms with E-state index in [1.54, 1.807) is 11.1 Å². The summed E-state index contributed by atoms with van der Waals surface area (Å²) in [5, 5.41) is 0. The van der Waals surface area contributed by atoms with E-state index in [0.717, 1.165) is 6.61 Å². The molecule has 2 saturated carbocycles. The standard InChI is InChI=1S/C29H50O/c1-16-14-22-27(11,15-30-22)24-20(5)29(13)19(4)17(2)18(3)23(26(29,9)10)25(7,8)21(6)28(16,24)12/h16-17,19-22,24H,14-15H2,1-13H3/t16?,17?,19?,20?,21?,22-,24?,27-,28?,29?/m1/s1. The van der Waals surface area contributed by atoms with Crippen molar-refractivity contribution in [2.24, 2.45) is 62.6 Å². The zero-order valence-electron chi connectivity index (χ0n) is 22.4. The molecule has 0 aromatic heterocycles. The summed E-state index contributed by atoms with van der Waals surface area (Å²) >= 11 is 0. The molecule has 3 fully saturated rings. The van der Waals surface area contributed by atoms with Crippen LogP contribution in [0, 0.1) is 62.6 Å². The largest absolute Gasteiger partial charge is 0.377 e. The molecule has 3 aliphatic carbocycles. The van der Waals surface area contributed by atoms with Gasteiger partial charge in [0.25, 0.3) is 0 Å². The summed E-state index contributed by atoms with van der Waals surface area (Å²) in [4.78, 5) is 0. The third-order valence-electron chi connectivity index (χ3n) is 13.2. The van der Waals surface area contributed by atoms with E-state index >= 15 is 0 Å². The fourth-order valence-corrected chi connectivity index (χ4v) is 10.6. The SMILES string of the molecule is CC1=C2C(C)(C)C(C)C3(C)C(C)C[C@H]4OC[C@@]4(C)C3C(C)C(C)(C(C)C1C)C2(C)C. The van der Waals surface area contributed by atoms with Gasteiger partial charge in [-0.1, -0.05) is 94.2 Å². The lowest BCUT2D eigenvalue weighted by atomic mass is 9.32. The van der Waals surface area contributed by atoms with Crippen LogP contribution >= 0.6 is 0 Å². The highest BCUT2D eigenvalue weighted by Crippen LogP contribution is 2.76. The predicted molar refractivity (Wildman–Crippen MR) is 128 cm³/mol. The molecule has 0 aromatic rings. The van der Waals surface area contributed by atoms with Crippen LogP contribution < -0.4 is 0 Å². The maximum Gasteiger partial charge on any atom is 0.0656 e. The molecule has 1 heteroatoms. The highest BCUT2D eigenvalue weighted by atomic mass is 16.5. The van der Waals surface area contributed by atoms with E-state index in [4.69, 9.17) is 4.74 Å². The number of rotatable bonds is 0. The Bertz CT molecular complexity index is 773. The first-order chi connectivity index (χ1) is 13.5. The van der Waals surface area contributed by atoms with Crippen LogP contribution in [0.2, 0.25) is 0 Å². The van der Waals surface area contributed by atoms with Crippen molar-refractivity contribution in [1.82, 2.24) is 0 Å². The molecule has 0 radical (unpaired) electrons. The first kappa shape index (κ1) is 22.9. The topological polar surface area (TPSA) is 9.23 Å². The molecule has 0 N–H and O–H groups in total. The minimum Gasteiger partial charge on any atom is -0.377 e. The van der Waals surface area contributed by atoms with Crippen LogP contribution in [0.5, 0.6) is 0 Å². The molecular formula is C29H50O. The third-order valence-corrected chi connectivity index (χ3v) is 13.2. The summed E-state index contributed by atoms with van der Waals surface area (Å²) in [6, 6.07) is 0. The average molecular weight is 415 g/mol. The van der Waals surface area contributed by atoms with Crippen LogP contribution in [0.4, 0.5) is 0 Å². The van der Waals surface area contributed by atoms with Gasteiger partial charge in [0.1, 0.15) is 0 Å². The van der Waals surface area contributed by atoms with Gasteiger partial charge in [-0.15, -0.1) is 0 Å². The second-order valence-corrected chi connectivity index (χ2v) is 14.1. The molecule has 0 spiro atoms. The number of ether oxygens (including phenoxy) is 1. The molecule has 30 heavy (non-hydrogen) atoms. The molecule has 10 atom stereocenters. The van der Waals surface area contributed by atoms with Gasteiger partial charge in [0, 0.05) is 5.41 Å². The van der Waals surface area contributed by atoms with Crippen molar-refractivity contribution in [3.8, 4) is 0 Å². The van der Waals surface area contributed by atoms with Crippen LogP contribution in [0.3, 0.4) is 0 Å². The quantitative estimate of drug-likeness (QED) is 0.365. The second-order valence-electron chi connectivity index (χ2n) is 14.1. The lowest BCUT2D eigenvalue weighted by Crippen LogP contribution is -2.72. The molecule has 2 bridgehead atoms. The molecule has 0 amide bonds. The van der Waals surface area contributed by atoms with Crippen molar-refractivity contribution in [3.05, 3.63) is 11.1 Å². The molecule has 8 unspecified atom stereocenters. The van der Waals surface area contributed by atoms with Gasteiger partial charge in [0.15, 0.2) is 0 Å². The summed E-state index contributed by atoms with van der Waals surface area (Å²) < 4.78 is 6.25. The van der Waals surface area contributed by atoms with E-state index in [2.05, 4.69) is 90.0 Å². The Hall–Kier alpha value is -0.300. The normalized spacial score (nSPS) is 56.9. The van der Waals surface area contributed by atoms with E-state index in [1.807, 2.05) is 0 Å². The Balaban J connectivity index is 2.08. The molecule has 1 nitrogen and oxygen atoms in total. The lowest BCUT2D eigenvalue weighted by Gasteiger charge is -2.74. The Labute approximate surface area is 187 Å². The van der Waals surface area contributed by atoms with E-state index in [-0.39, 0.29) is 16.2 Å². The van der Waals surface area contributed by atoms with Crippen LogP contribution in [0.15, 0.2) is 11.1 Å². The highest BCUT2D eigenvalue weighted by Gasteiger charge is 2.72. The first-order valence-corrected chi connectivity index (χ1v) is 12.8. The summed E-state index contributed by atoms with van der Waals surface area (Å²) in [7, 11) is 0. The molecule has 1 saturated heterocycles. The van der Waals surface area contributed by atoms with Crippen molar-refractivity contribution in [2.75, 3.05) is 6.61 Å². The van der Waals surface area contributed by atoms with Gasteiger partial charge < -0.3 is 4.74 Å². The molecule has 4 rings (SSSR count). The number of allylic oxidation sites excluding steroid dienone is 2. The number of hydrogen-bond acceptors (Lipinski definition) is 1. The Morgan fingerprint density at radius 2 is 1.40 bits per heavy atom. The zero-order chi connectivity index (χ0) is 22.8. The fourth-order valence-electron chi connectivity index (χ4n) is 10.6. The second kappa shape index (κ2) is 6.18. The van der Waals surface area contributed by atoms with Crippen molar-refractivity contribution in [1.29, 1.82) is 0 Å². The number of fused-ring (bicyclic) bond motifs is 5. The van der Waals surface area contributed by atoms with E-state index < -0.39 is 0 Å². The van der Waals surface area contributed by atoms with Gasteiger partial charge in [-0.25, -0.2) is 0 Å². The first-order valence-electron chi connectivity index (χ1n) is 12.8. The van der Waals surface area contributed by atoms with Crippen molar-refractivity contribution >= 4 is 0 Å². The maximum absolute atomic E-state index is 6.25. The van der Waals surface area contributed by atoms with Crippen LogP contribution in [-0.2, 0) is 4.74 Å².